The van der Waals surface area contributed by atoms with Gasteiger partial charge in [-0.05, 0) is 18.8 Å². The quantitative estimate of drug-likeness (QED) is 0.794. The number of hydrogen-bond donors (Lipinski definition) is 1. The van der Waals surface area contributed by atoms with E-state index in [-0.39, 0.29) is 5.56 Å². The lowest BCUT2D eigenvalue weighted by atomic mass is 10.1. The fraction of sp³-hybridized carbons (Fsp3) is 0.636. The molecule has 0 unspecified atom stereocenters. The fourth-order valence-electron chi connectivity index (χ4n) is 1.60. The Bertz CT molecular complexity index is 377. The lowest BCUT2D eigenvalue weighted by molar-refractivity contribution is 0.615. The Hall–Kier alpha value is -1.12. The Morgan fingerprint density at radius 1 is 1.57 bits per heavy atom. The molecule has 0 aliphatic heterocycles. The smallest absolute Gasteiger partial charge is 0.251 e. The number of aromatic amines is 1. The van der Waals surface area contributed by atoms with Crippen LogP contribution in [0.3, 0.4) is 0 Å². The van der Waals surface area contributed by atoms with Gasteiger partial charge < -0.3 is 4.98 Å². The summed E-state index contributed by atoms with van der Waals surface area (Å²) in [5.41, 5.74) is 0.988. The average Bonchev–Trinajstić information content (AvgIpc) is 2.82. The number of nitrogens with one attached hydrogen (secondary N) is 1. The van der Waals surface area contributed by atoms with E-state index in [0.717, 1.165) is 17.9 Å². The summed E-state index contributed by atoms with van der Waals surface area (Å²) in [5, 5.41) is 0. The molecule has 0 bridgehead atoms. The molecule has 0 amide bonds. The van der Waals surface area contributed by atoms with Crippen molar-refractivity contribution in [1.82, 2.24) is 9.97 Å². The van der Waals surface area contributed by atoms with E-state index in [2.05, 4.69) is 23.8 Å². The van der Waals surface area contributed by atoms with Gasteiger partial charge in [0.25, 0.3) is 5.56 Å². The van der Waals surface area contributed by atoms with Gasteiger partial charge in [0.05, 0.1) is 5.69 Å². The normalized spacial score (nSPS) is 16.2. The van der Waals surface area contributed by atoms with E-state index in [4.69, 9.17) is 0 Å². The molecular weight excluding hydrogens is 176 g/mol. The summed E-state index contributed by atoms with van der Waals surface area (Å²) in [6.07, 6.45) is 3.24. The Morgan fingerprint density at radius 3 is 2.86 bits per heavy atom. The van der Waals surface area contributed by atoms with Crippen molar-refractivity contribution in [3.8, 4) is 0 Å². The summed E-state index contributed by atoms with van der Waals surface area (Å²) in [6.45, 7) is 4.26. The molecule has 3 heteroatoms. The third kappa shape index (κ3) is 2.22. The van der Waals surface area contributed by atoms with Crippen LogP contribution >= 0.6 is 0 Å². The molecule has 1 heterocycles. The highest BCUT2D eigenvalue weighted by Gasteiger charge is 2.25. The van der Waals surface area contributed by atoms with E-state index in [1.165, 1.54) is 12.8 Å². The number of aromatic nitrogens is 2. The SMILES string of the molecule is CC(C)Cc1nc(C2CC2)cc(=O)[nH]1. The average molecular weight is 192 g/mol. The Kier molecular flexibility index (Phi) is 2.40. The molecule has 1 saturated carbocycles. The summed E-state index contributed by atoms with van der Waals surface area (Å²) in [6, 6.07) is 1.64. The van der Waals surface area contributed by atoms with E-state index >= 15 is 0 Å². The molecule has 1 aromatic rings. The van der Waals surface area contributed by atoms with Crippen LogP contribution in [0.1, 0.15) is 44.1 Å². The Labute approximate surface area is 83.6 Å². The summed E-state index contributed by atoms with van der Waals surface area (Å²) in [7, 11) is 0. The monoisotopic (exact) mass is 192 g/mol. The highest BCUT2D eigenvalue weighted by Crippen LogP contribution is 2.38. The molecule has 1 fully saturated rings. The largest absolute Gasteiger partial charge is 0.311 e. The summed E-state index contributed by atoms with van der Waals surface area (Å²) in [5.74, 6) is 1.94. The Balaban J connectivity index is 2.26. The molecule has 1 aromatic heterocycles. The first-order chi connectivity index (χ1) is 6.65. The van der Waals surface area contributed by atoms with Crippen LogP contribution in [0.5, 0.6) is 0 Å². The molecule has 1 aliphatic rings. The van der Waals surface area contributed by atoms with Crippen LogP contribution in [0.25, 0.3) is 0 Å². The van der Waals surface area contributed by atoms with Crippen molar-refractivity contribution in [2.75, 3.05) is 0 Å². The maximum absolute atomic E-state index is 11.3. The van der Waals surface area contributed by atoms with Gasteiger partial charge in [0.2, 0.25) is 0 Å². The van der Waals surface area contributed by atoms with Gasteiger partial charge >= 0.3 is 0 Å². The van der Waals surface area contributed by atoms with Gasteiger partial charge in [-0.25, -0.2) is 4.98 Å². The summed E-state index contributed by atoms with van der Waals surface area (Å²) >= 11 is 0. The number of H-pyrrole nitrogens is 1. The van der Waals surface area contributed by atoms with Crippen molar-refractivity contribution in [3.63, 3.8) is 0 Å². The lowest BCUT2D eigenvalue weighted by Crippen LogP contribution is -2.13. The van der Waals surface area contributed by atoms with Gasteiger partial charge in [0, 0.05) is 18.4 Å². The second-order valence-electron chi connectivity index (χ2n) is 4.49. The van der Waals surface area contributed by atoms with Crippen LogP contribution in [-0.2, 0) is 6.42 Å². The van der Waals surface area contributed by atoms with Crippen molar-refractivity contribution in [2.24, 2.45) is 5.92 Å². The second kappa shape index (κ2) is 3.56. The minimum absolute atomic E-state index is 0.00227. The molecular formula is C11H16N2O. The van der Waals surface area contributed by atoms with Crippen LogP contribution in [0, 0.1) is 5.92 Å². The van der Waals surface area contributed by atoms with E-state index in [1.54, 1.807) is 6.07 Å². The number of rotatable bonds is 3. The van der Waals surface area contributed by atoms with Crippen molar-refractivity contribution in [3.05, 3.63) is 27.9 Å². The third-order valence-electron chi connectivity index (χ3n) is 2.41. The van der Waals surface area contributed by atoms with Gasteiger partial charge in [0.1, 0.15) is 5.82 Å². The zero-order chi connectivity index (χ0) is 10.1. The zero-order valence-electron chi connectivity index (χ0n) is 8.71. The molecule has 0 atom stereocenters. The van der Waals surface area contributed by atoms with Gasteiger partial charge in [-0.15, -0.1) is 0 Å². The molecule has 0 spiro atoms. The van der Waals surface area contributed by atoms with Crippen molar-refractivity contribution < 1.29 is 0 Å². The second-order valence-corrected chi connectivity index (χ2v) is 4.49. The maximum Gasteiger partial charge on any atom is 0.251 e. The Morgan fingerprint density at radius 2 is 2.29 bits per heavy atom. The van der Waals surface area contributed by atoms with Gasteiger partial charge in [0.15, 0.2) is 0 Å². The standard InChI is InChI=1S/C11H16N2O/c1-7(2)5-10-12-9(8-3-4-8)6-11(14)13-10/h6-8H,3-5H2,1-2H3,(H,12,13,14). The van der Waals surface area contributed by atoms with Crippen molar-refractivity contribution >= 4 is 0 Å². The molecule has 2 rings (SSSR count). The first kappa shape index (κ1) is 9.44. The van der Waals surface area contributed by atoms with Crippen LogP contribution in [0.15, 0.2) is 10.9 Å². The highest BCUT2D eigenvalue weighted by molar-refractivity contribution is 5.14. The topological polar surface area (TPSA) is 45.8 Å². The number of nitrogens with zero attached hydrogens (tertiary/aromatic N) is 1. The predicted octanol–water partition coefficient (Wildman–Crippen LogP) is 1.85. The maximum atomic E-state index is 11.3. The van der Waals surface area contributed by atoms with E-state index in [9.17, 15) is 4.79 Å². The highest BCUT2D eigenvalue weighted by atomic mass is 16.1. The van der Waals surface area contributed by atoms with Crippen LogP contribution in [0.2, 0.25) is 0 Å². The van der Waals surface area contributed by atoms with E-state index < -0.39 is 0 Å². The van der Waals surface area contributed by atoms with E-state index in [0.29, 0.717) is 11.8 Å². The van der Waals surface area contributed by atoms with Crippen LogP contribution in [-0.4, -0.2) is 9.97 Å². The molecule has 1 N–H and O–H groups in total. The minimum atomic E-state index is -0.00227. The van der Waals surface area contributed by atoms with Gasteiger partial charge in [-0.1, -0.05) is 13.8 Å². The fourth-order valence-corrected chi connectivity index (χ4v) is 1.60. The molecule has 0 aromatic carbocycles. The van der Waals surface area contributed by atoms with Crippen LogP contribution in [0.4, 0.5) is 0 Å². The van der Waals surface area contributed by atoms with Crippen molar-refractivity contribution in [1.29, 1.82) is 0 Å². The molecule has 3 nitrogen and oxygen atoms in total. The lowest BCUT2D eigenvalue weighted by Gasteiger charge is -2.05. The van der Waals surface area contributed by atoms with E-state index in [1.807, 2.05) is 0 Å². The molecule has 14 heavy (non-hydrogen) atoms. The molecule has 76 valence electrons. The first-order valence-electron chi connectivity index (χ1n) is 5.25. The molecule has 0 radical (unpaired) electrons. The molecule has 1 aliphatic carbocycles. The van der Waals surface area contributed by atoms with Gasteiger partial charge in [-0.3, -0.25) is 4.79 Å². The van der Waals surface area contributed by atoms with Gasteiger partial charge in [-0.2, -0.15) is 0 Å². The summed E-state index contributed by atoms with van der Waals surface area (Å²) in [4.78, 5) is 18.6. The first-order valence-corrected chi connectivity index (χ1v) is 5.25. The summed E-state index contributed by atoms with van der Waals surface area (Å²) < 4.78 is 0. The predicted molar refractivity (Wildman–Crippen MR) is 55.4 cm³/mol. The molecule has 0 saturated heterocycles. The van der Waals surface area contributed by atoms with Crippen molar-refractivity contribution in [2.45, 2.75) is 39.0 Å². The third-order valence-corrected chi connectivity index (χ3v) is 2.41. The minimum Gasteiger partial charge on any atom is -0.311 e. The number of hydrogen-bond acceptors (Lipinski definition) is 2. The van der Waals surface area contributed by atoms with Crippen LogP contribution < -0.4 is 5.56 Å². The zero-order valence-corrected chi connectivity index (χ0v) is 8.71.